The zero-order chi connectivity index (χ0) is 9.40. The van der Waals surface area contributed by atoms with Gasteiger partial charge in [-0.25, -0.2) is 0 Å². The van der Waals surface area contributed by atoms with Gasteiger partial charge in [0.05, 0.1) is 12.2 Å². The van der Waals surface area contributed by atoms with E-state index < -0.39 is 12.2 Å². The van der Waals surface area contributed by atoms with Crippen molar-refractivity contribution in [1.82, 2.24) is 0 Å². The van der Waals surface area contributed by atoms with Crippen LogP contribution in [0.25, 0.3) is 0 Å². The molecule has 0 aliphatic rings. The monoisotopic (exact) mass is 172 g/mol. The second kappa shape index (κ2) is 7.07. The van der Waals surface area contributed by atoms with E-state index in [0.29, 0.717) is 12.8 Å². The van der Waals surface area contributed by atoms with E-state index in [1.54, 1.807) is 0 Å². The van der Waals surface area contributed by atoms with Crippen LogP contribution >= 0.6 is 0 Å². The van der Waals surface area contributed by atoms with Gasteiger partial charge >= 0.3 is 0 Å². The summed E-state index contributed by atoms with van der Waals surface area (Å²) in [5, 5.41) is 17.9. The highest BCUT2D eigenvalue weighted by atomic mass is 16.3. The highest BCUT2D eigenvalue weighted by Crippen LogP contribution is 1.88. The summed E-state index contributed by atoms with van der Waals surface area (Å²) in [4.78, 5) is 0. The molecule has 4 nitrogen and oxygen atoms in total. The van der Waals surface area contributed by atoms with Crippen molar-refractivity contribution in [2.75, 3.05) is 13.1 Å². The lowest BCUT2D eigenvalue weighted by Crippen LogP contribution is -2.19. The third-order valence-corrected chi connectivity index (χ3v) is 1.34. The molecule has 0 aromatic heterocycles. The maximum Gasteiger partial charge on any atom is 0.0771 e. The standard InChI is InChI=1S/C8H16N2O2/c9-5-7(11)3-1-2-4-8(12)6-10/h7-8,11-12H,3-6,9-10H2. The fraction of sp³-hybridized carbons (Fsp3) is 0.750. The lowest BCUT2D eigenvalue weighted by atomic mass is 10.2. The molecule has 0 heterocycles. The molecule has 0 saturated carbocycles. The summed E-state index contributed by atoms with van der Waals surface area (Å²) >= 11 is 0. The van der Waals surface area contributed by atoms with Gasteiger partial charge in [-0.05, 0) is 0 Å². The molecule has 70 valence electrons. The van der Waals surface area contributed by atoms with Crippen LogP contribution in [-0.2, 0) is 0 Å². The van der Waals surface area contributed by atoms with Crippen LogP contribution in [-0.4, -0.2) is 35.5 Å². The molecule has 0 aromatic carbocycles. The average Bonchev–Trinajstić information content (AvgIpc) is 2.11. The fourth-order valence-electron chi connectivity index (χ4n) is 0.547. The van der Waals surface area contributed by atoms with E-state index in [9.17, 15) is 0 Å². The minimum atomic E-state index is -0.562. The second-order valence-corrected chi connectivity index (χ2v) is 2.54. The van der Waals surface area contributed by atoms with Crippen molar-refractivity contribution < 1.29 is 10.2 Å². The quantitative estimate of drug-likeness (QED) is 0.385. The van der Waals surface area contributed by atoms with Gasteiger partial charge in [0.2, 0.25) is 0 Å². The molecule has 0 saturated heterocycles. The summed E-state index contributed by atoms with van der Waals surface area (Å²) in [6.45, 7) is 0.433. The molecule has 0 aliphatic carbocycles. The topological polar surface area (TPSA) is 92.5 Å². The maximum atomic E-state index is 8.97. The Balaban J connectivity index is 3.46. The third-order valence-electron chi connectivity index (χ3n) is 1.34. The first kappa shape index (κ1) is 11.4. The van der Waals surface area contributed by atoms with E-state index in [1.165, 1.54) is 0 Å². The van der Waals surface area contributed by atoms with E-state index in [2.05, 4.69) is 11.8 Å². The number of hydrogen-bond donors (Lipinski definition) is 4. The van der Waals surface area contributed by atoms with E-state index in [4.69, 9.17) is 21.7 Å². The Kier molecular flexibility index (Phi) is 6.72. The first-order valence-corrected chi connectivity index (χ1v) is 3.92. The van der Waals surface area contributed by atoms with Crippen molar-refractivity contribution in [3.05, 3.63) is 0 Å². The van der Waals surface area contributed by atoms with Gasteiger partial charge in [-0.15, -0.1) is 11.8 Å². The summed E-state index contributed by atoms with van der Waals surface area (Å²) in [6, 6.07) is 0. The molecular formula is C8H16N2O2. The Morgan fingerprint density at radius 2 is 1.25 bits per heavy atom. The lowest BCUT2D eigenvalue weighted by molar-refractivity contribution is 0.186. The molecule has 0 radical (unpaired) electrons. The highest BCUT2D eigenvalue weighted by molar-refractivity contribution is 5.01. The fourth-order valence-corrected chi connectivity index (χ4v) is 0.547. The molecule has 2 unspecified atom stereocenters. The molecule has 0 amide bonds. The van der Waals surface area contributed by atoms with Crippen molar-refractivity contribution in [3.8, 4) is 11.8 Å². The van der Waals surface area contributed by atoms with Gasteiger partial charge in [-0.3, -0.25) is 0 Å². The molecule has 0 aromatic rings. The van der Waals surface area contributed by atoms with Crippen molar-refractivity contribution in [3.63, 3.8) is 0 Å². The number of aliphatic hydroxyl groups excluding tert-OH is 2. The molecule has 2 atom stereocenters. The van der Waals surface area contributed by atoms with E-state index in [-0.39, 0.29) is 13.1 Å². The van der Waals surface area contributed by atoms with Crippen LogP contribution in [0.3, 0.4) is 0 Å². The van der Waals surface area contributed by atoms with Gasteiger partial charge in [0, 0.05) is 25.9 Å². The number of nitrogens with two attached hydrogens (primary N) is 2. The van der Waals surface area contributed by atoms with Gasteiger partial charge in [-0.1, -0.05) is 0 Å². The van der Waals surface area contributed by atoms with Gasteiger partial charge in [-0.2, -0.15) is 0 Å². The van der Waals surface area contributed by atoms with Gasteiger partial charge < -0.3 is 21.7 Å². The normalized spacial score (nSPS) is 14.7. The van der Waals surface area contributed by atoms with Crippen molar-refractivity contribution in [2.24, 2.45) is 11.5 Å². The van der Waals surface area contributed by atoms with Crippen molar-refractivity contribution >= 4 is 0 Å². The number of hydrogen-bond acceptors (Lipinski definition) is 4. The maximum absolute atomic E-state index is 8.97. The van der Waals surface area contributed by atoms with Crippen LogP contribution in [0.4, 0.5) is 0 Å². The molecule has 4 heteroatoms. The van der Waals surface area contributed by atoms with Crippen molar-refractivity contribution in [1.29, 1.82) is 0 Å². The minimum absolute atomic E-state index is 0.216. The Bertz CT molecular complexity index is 146. The van der Waals surface area contributed by atoms with Crippen LogP contribution < -0.4 is 11.5 Å². The van der Waals surface area contributed by atoms with Gasteiger partial charge in [0.15, 0.2) is 0 Å². The molecule has 6 N–H and O–H groups in total. The third kappa shape index (κ3) is 6.13. The number of rotatable bonds is 4. The Morgan fingerprint density at radius 3 is 1.50 bits per heavy atom. The summed E-state index contributed by atoms with van der Waals surface area (Å²) in [5.41, 5.74) is 10.3. The molecule has 0 fully saturated rings. The average molecular weight is 172 g/mol. The second-order valence-electron chi connectivity index (χ2n) is 2.54. The van der Waals surface area contributed by atoms with Crippen LogP contribution in [0.2, 0.25) is 0 Å². The summed E-state index contributed by atoms with van der Waals surface area (Å²) in [5.74, 6) is 5.41. The van der Waals surface area contributed by atoms with Crippen molar-refractivity contribution in [2.45, 2.75) is 25.0 Å². The predicted octanol–water partition coefficient (Wildman–Crippen LogP) is -1.59. The molecule has 0 spiro atoms. The number of aliphatic hydroxyl groups is 2. The lowest BCUT2D eigenvalue weighted by Gasteiger charge is -2.01. The van der Waals surface area contributed by atoms with E-state index in [1.807, 2.05) is 0 Å². The zero-order valence-corrected chi connectivity index (χ0v) is 7.03. The molecule has 0 bridgehead atoms. The smallest absolute Gasteiger partial charge is 0.0771 e. The van der Waals surface area contributed by atoms with Crippen LogP contribution in [0.5, 0.6) is 0 Å². The summed E-state index contributed by atoms with van der Waals surface area (Å²) in [7, 11) is 0. The zero-order valence-electron chi connectivity index (χ0n) is 7.03. The Hall–Kier alpha value is -0.600. The van der Waals surface area contributed by atoms with E-state index >= 15 is 0 Å². The largest absolute Gasteiger partial charge is 0.391 e. The molecule has 0 aliphatic heterocycles. The van der Waals surface area contributed by atoms with Gasteiger partial charge in [0.1, 0.15) is 0 Å². The Morgan fingerprint density at radius 1 is 0.917 bits per heavy atom. The minimum Gasteiger partial charge on any atom is -0.391 e. The van der Waals surface area contributed by atoms with Crippen LogP contribution in [0, 0.1) is 11.8 Å². The first-order chi connectivity index (χ1) is 5.70. The van der Waals surface area contributed by atoms with Gasteiger partial charge in [0.25, 0.3) is 0 Å². The van der Waals surface area contributed by atoms with Crippen LogP contribution in [0.1, 0.15) is 12.8 Å². The Labute approximate surface area is 72.6 Å². The highest BCUT2D eigenvalue weighted by Gasteiger charge is 1.97. The summed E-state index contributed by atoms with van der Waals surface area (Å²) in [6.07, 6.45) is -0.415. The molecular weight excluding hydrogens is 156 g/mol. The van der Waals surface area contributed by atoms with E-state index in [0.717, 1.165) is 0 Å². The predicted molar refractivity (Wildman–Crippen MR) is 47.1 cm³/mol. The SMILES string of the molecule is NCC(O)CC#CCC(O)CN. The molecule has 12 heavy (non-hydrogen) atoms. The summed E-state index contributed by atoms with van der Waals surface area (Å²) < 4.78 is 0. The van der Waals surface area contributed by atoms with Crippen LogP contribution in [0.15, 0.2) is 0 Å². The first-order valence-electron chi connectivity index (χ1n) is 3.92. The molecule has 0 rings (SSSR count).